The van der Waals surface area contributed by atoms with E-state index in [1.165, 1.54) is 18.5 Å². The van der Waals surface area contributed by atoms with Crippen molar-refractivity contribution in [3.8, 4) is 0 Å². The standard InChI is InChI=1S/C10H15BrN2O/c1-6(2)10-9(11)8(5-14)12-13(10)7-3-4-7/h6-7,14H,3-5H2,1-2H3. The molecule has 0 saturated heterocycles. The van der Waals surface area contributed by atoms with Gasteiger partial charge in [-0.05, 0) is 34.7 Å². The highest BCUT2D eigenvalue weighted by molar-refractivity contribution is 9.10. The molecule has 1 fully saturated rings. The first kappa shape index (κ1) is 10.2. The highest BCUT2D eigenvalue weighted by Gasteiger charge is 2.30. The average Bonchev–Trinajstić information content (AvgIpc) is 2.90. The Morgan fingerprint density at radius 1 is 1.57 bits per heavy atom. The molecule has 0 atom stereocenters. The molecule has 0 unspecified atom stereocenters. The molecule has 78 valence electrons. The molecule has 0 aliphatic heterocycles. The van der Waals surface area contributed by atoms with E-state index in [-0.39, 0.29) is 6.61 Å². The first-order valence-electron chi connectivity index (χ1n) is 5.02. The molecule has 0 aromatic carbocycles. The number of nitrogens with zero attached hydrogens (tertiary/aromatic N) is 2. The Morgan fingerprint density at radius 2 is 2.21 bits per heavy atom. The molecular weight excluding hydrogens is 244 g/mol. The first-order chi connectivity index (χ1) is 6.65. The molecule has 2 rings (SSSR count). The van der Waals surface area contributed by atoms with E-state index in [1.807, 2.05) is 0 Å². The predicted molar refractivity (Wildman–Crippen MR) is 58.2 cm³/mol. The molecule has 1 aromatic rings. The van der Waals surface area contributed by atoms with Gasteiger partial charge in [-0.15, -0.1) is 0 Å². The summed E-state index contributed by atoms with van der Waals surface area (Å²) < 4.78 is 3.07. The van der Waals surface area contributed by atoms with Crippen LogP contribution < -0.4 is 0 Å². The maximum absolute atomic E-state index is 9.13. The number of hydrogen-bond acceptors (Lipinski definition) is 2. The molecular formula is C10H15BrN2O. The van der Waals surface area contributed by atoms with Crippen LogP contribution in [-0.2, 0) is 6.61 Å². The number of aliphatic hydroxyl groups is 1. The van der Waals surface area contributed by atoms with Crippen molar-refractivity contribution in [3.63, 3.8) is 0 Å². The maximum atomic E-state index is 9.13. The van der Waals surface area contributed by atoms with Gasteiger partial charge in [0, 0.05) is 0 Å². The second-order valence-corrected chi connectivity index (χ2v) is 4.93. The quantitative estimate of drug-likeness (QED) is 0.906. The third-order valence-electron chi connectivity index (χ3n) is 2.54. The monoisotopic (exact) mass is 258 g/mol. The van der Waals surface area contributed by atoms with Crippen molar-refractivity contribution in [3.05, 3.63) is 15.9 Å². The molecule has 14 heavy (non-hydrogen) atoms. The summed E-state index contributed by atoms with van der Waals surface area (Å²) in [6, 6.07) is 0.573. The Hall–Kier alpha value is -0.350. The molecule has 1 saturated carbocycles. The van der Waals surface area contributed by atoms with Crippen LogP contribution in [0.5, 0.6) is 0 Å². The Bertz CT molecular complexity index is 342. The molecule has 1 aliphatic carbocycles. The number of halogens is 1. The fourth-order valence-corrected chi connectivity index (χ4v) is 2.54. The Balaban J connectivity index is 2.46. The van der Waals surface area contributed by atoms with Gasteiger partial charge in [-0.2, -0.15) is 5.10 Å². The SMILES string of the molecule is CC(C)c1c(Br)c(CO)nn1C1CC1. The van der Waals surface area contributed by atoms with Crippen LogP contribution in [0.2, 0.25) is 0 Å². The van der Waals surface area contributed by atoms with E-state index in [9.17, 15) is 0 Å². The van der Waals surface area contributed by atoms with E-state index >= 15 is 0 Å². The van der Waals surface area contributed by atoms with Crippen LogP contribution in [0.1, 0.15) is 50.0 Å². The summed E-state index contributed by atoms with van der Waals surface area (Å²) in [5.74, 6) is 0.442. The van der Waals surface area contributed by atoms with Crippen LogP contribution in [0.25, 0.3) is 0 Å². The molecule has 1 heterocycles. The summed E-state index contributed by atoms with van der Waals surface area (Å²) in [4.78, 5) is 0. The Morgan fingerprint density at radius 3 is 2.64 bits per heavy atom. The third-order valence-corrected chi connectivity index (χ3v) is 3.41. The van der Waals surface area contributed by atoms with E-state index in [4.69, 9.17) is 5.11 Å². The van der Waals surface area contributed by atoms with Crippen molar-refractivity contribution in [2.45, 2.75) is 45.3 Å². The summed E-state index contributed by atoms with van der Waals surface area (Å²) in [5, 5.41) is 13.6. The second kappa shape index (κ2) is 3.66. The minimum atomic E-state index is 0.0139. The Labute approximate surface area is 92.2 Å². The average molecular weight is 259 g/mol. The van der Waals surface area contributed by atoms with Crippen LogP contribution >= 0.6 is 15.9 Å². The number of rotatable bonds is 3. The molecule has 4 heteroatoms. The third kappa shape index (κ3) is 1.61. The molecule has 1 aliphatic rings. The van der Waals surface area contributed by atoms with Crippen LogP contribution in [-0.4, -0.2) is 14.9 Å². The van der Waals surface area contributed by atoms with Crippen molar-refractivity contribution in [1.29, 1.82) is 0 Å². The van der Waals surface area contributed by atoms with Gasteiger partial charge in [-0.1, -0.05) is 13.8 Å². The summed E-state index contributed by atoms with van der Waals surface area (Å²) in [6.45, 7) is 4.32. The first-order valence-corrected chi connectivity index (χ1v) is 5.82. The topological polar surface area (TPSA) is 38.1 Å². The molecule has 0 spiro atoms. The lowest BCUT2D eigenvalue weighted by molar-refractivity contribution is 0.274. The summed E-state index contributed by atoms with van der Waals surface area (Å²) >= 11 is 3.52. The van der Waals surface area contributed by atoms with E-state index in [0.717, 1.165) is 10.2 Å². The fourth-order valence-electron chi connectivity index (χ4n) is 1.69. The normalized spacial score (nSPS) is 16.6. The van der Waals surface area contributed by atoms with Crippen LogP contribution in [0, 0.1) is 0 Å². The number of aliphatic hydroxyl groups excluding tert-OH is 1. The van der Waals surface area contributed by atoms with E-state index in [1.54, 1.807) is 0 Å². The van der Waals surface area contributed by atoms with E-state index in [0.29, 0.717) is 12.0 Å². The summed E-state index contributed by atoms with van der Waals surface area (Å²) in [5.41, 5.74) is 1.98. The van der Waals surface area contributed by atoms with Gasteiger partial charge in [0.2, 0.25) is 0 Å². The van der Waals surface area contributed by atoms with Gasteiger partial charge in [-0.25, -0.2) is 0 Å². The lowest BCUT2D eigenvalue weighted by Crippen LogP contribution is -2.04. The van der Waals surface area contributed by atoms with Crippen LogP contribution in [0.4, 0.5) is 0 Å². The Kier molecular flexibility index (Phi) is 2.66. The highest BCUT2D eigenvalue weighted by atomic mass is 79.9. The number of hydrogen-bond donors (Lipinski definition) is 1. The largest absolute Gasteiger partial charge is 0.390 e. The molecule has 1 aromatic heterocycles. The van der Waals surface area contributed by atoms with Crippen molar-refractivity contribution < 1.29 is 5.11 Å². The zero-order chi connectivity index (χ0) is 10.3. The van der Waals surface area contributed by atoms with Crippen molar-refractivity contribution >= 4 is 15.9 Å². The minimum absolute atomic E-state index is 0.0139. The van der Waals surface area contributed by atoms with Crippen molar-refractivity contribution in [1.82, 2.24) is 9.78 Å². The zero-order valence-electron chi connectivity index (χ0n) is 8.50. The minimum Gasteiger partial charge on any atom is -0.390 e. The smallest absolute Gasteiger partial charge is 0.102 e. The predicted octanol–water partition coefficient (Wildman–Crippen LogP) is 2.60. The molecule has 0 radical (unpaired) electrons. The molecule has 3 nitrogen and oxygen atoms in total. The van der Waals surface area contributed by atoms with Crippen LogP contribution in [0.3, 0.4) is 0 Å². The molecule has 1 N–H and O–H groups in total. The highest BCUT2D eigenvalue weighted by Crippen LogP contribution is 2.40. The van der Waals surface area contributed by atoms with Gasteiger partial charge in [0.25, 0.3) is 0 Å². The summed E-state index contributed by atoms with van der Waals surface area (Å²) in [6.07, 6.45) is 2.44. The van der Waals surface area contributed by atoms with E-state index < -0.39 is 0 Å². The van der Waals surface area contributed by atoms with E-state index in [2.05, 4.69) is 39.6 Å². The molecule has 0 amide bonds. The number of aromatic nitrogens is 2. The van der Waals surface area contributed by atoms with Gasteiger partial charge in [0.1, 0.15) is 5.69 Å². The maximum Gasteiger partial charge on any atom is 0.102 e. The zero-order valence-corrected chi connectivity index (χ0v) is 10.1. The van der Waals surface area contributed by atoms with Gasteiger partial charge in [0.15, 0.2) is 0 Å². The lowest BCUT2D eigenvalue weighted by Gasteiger charge is -2.09. The summed E-state index contributed by atoms with van der Waals surface area (Å²) in [7, 11) is 0. The molecule has 0 bridgehead atoms. The van der Waals surface area contributed by atoms with Gasteiger partial charge >= 0.3 is 0 Å². The lowest BCUT2D eigenvalue weighted by atomic mass is 10.1. The van der Waals surface area contributed by atoms with Crippen molar-refractivity contribution in [2.24, 2.45) is 0 Å². The van der Waals surface area contributed by atoms with Gasteiger partial charge in [0.05, 0.1) is 22.8 Å². The van der Waals surface area contributed by atoms with Gasteiger partial charge in [-0.3, -0.25) is 4.68 Å². The van der Waals surface area contributed by atoms with Crippen molar-refractivity contribution in [2.75, 3.05) is 0 Å². The second-order valence-electron chi connectivity index (χ2n) is 4.13. The fraction of sp³-hybridized carbons (Fsp3) is 0.700. The van der Waals surface area contributed by atoms with Crippen LogP contribution in [0.15, 0.2) is 4.47 Å². The van der Waals surface area contributed by atoms with Gasteiger partial charge < -0.3 is 5.11 Å².